The van der Waals surface area contributed by atoms with Crippen LogP contribution in [0, 0.1) is 6.92 Å². The first kappa shape index (κ1) is 11.8. The third kappa shape index (κ3) is 3.41. The molecule has 17 heavy (non-hydrogen) atoms. The van der Waals surface area contributed by atoms with E-state index < -0.39 is 0 Å². The molecule has 2 rings (SSSR count). The number of rotatable bonds is 6. The van der Waals surface area contributed by atoms with Crippen molar-refractivity contribution in [2.45, 2.75) is 46.2 Å². The average Bonchev–Trinajstić information content (AvgIpc) is 2.89. The molecule has 92 valence electrons. The van der Waals surface area contributed by atoms with Gasteiger partial charge in [-0.05, 0) is 31.7 Å². The number of nitrogens with zero attached hydrogens (tertiary/aromatic N) is 5. The minimum atomic E-state index is 0.939. The quantitative estimate of drug-likeness (QED) is 0.764. The van der Waals surface area contributed by atoms with Gasteiger partial charge < -0.3 is 0 Å². The van der Waals surface area contributed by atoms with Crippen molar-refractivity contribution in [1.82, 2.24) is 24.8 Å². The standard InChI is InChI=1S/C12H19N5/c1-3-6-17-10-12(14-15-17)5-4-7-16-9-11(2)8-13-16/h8-10H,3-7H2,1-2H3. The van der Waals surface area contributed by atoms with Gasteiger partial charge in [0.25, 0.3) is 0 Å². The summed E-state index contributed by atoms with van der Waals surface area (Å²) in [5.41, 5.74) is 2.28. The minimum Gasteiger partial charge on any atom is -0.272 e. The summed E-state index contributed by atoms with van der Waals surface area (Å²) in [6, 6.07) is 0. The van der Waals surface area contributed by atoms with Crippen molar-refractivity contribution < 1.29 is 0 Å². The molecule has 2 aromatic heterocycles. The van der Waals surface area contributed by atoms with Gasteiger partial charge in [0.15, 0.2) is 0 Å². The van der Waals surface area contributed by atoms with Crippen LogP contribution in [0.25, 0.3) is 0 Å². The maximum atomic E-state index is 4.26. The Balaban J connectivity index is 1.77. The molecule has 0 aliphatic heterocycles. The van der Waals surface area contributed by atoms with E-state index in [0.717, 1.165) is 38.0 Å². The molecule has 2 aromatic rings. The number of hydrogen-bond donors (Lipinski definition) is 0. The van der Waals surface area contributed by atoms with Crippen LogP contribution in [0.3, 0.4) is 0 Å². The Morgan fingerprint density at radius 1 is 1.18 bits per heavy atom. The minimum absolute atomic E-state index is 0.939. The van der Waals surface area contributed by atoms with E-state index >= 15 is 0 Å². The molecule has 5 heteroatoms. The summed E-state index contributed by atoms with van der Waals surface area (Å²) in [5.74, 6) is 0. The molecule has 0 saturated carbocycles. The van der Waals surface area contributed by atoms with Crippen molar-refractivity contribution in [3.8, 4) is 0 Å². The molecule has 0 atom stereocenters. The smallest absolute Gasteiger partial charge is 0.0827 e. The van der Waals surface area contributed by atoms with Crippen molar-refractivity contribution in [2.75, 3.05) is 0 Å². The maximum Gasteiger partial charge on any atom is 0.0827 e. The lowest BCUT2D eigenvalue weighted by atomic mass is 10.2. The van der Waals surface area contributed by atoms with Crippen LogP contribution >= 0.6 is 0 Å². The van der Waals surface area contributed by atoms with Crippen LogP contribution in [-0.2, 0) is 19.5 Å². The van der Waals surface area contributed by atoms with Gasteiger partial charge in [-0.25, -0.2) is 0 Å². The van der Waals surface area contributed by atoms with Gasteiger partial charge in [0.2, 0.25) is 0 Å². The van der Waals surface area contributed by atoms with Gasteiger partial charge in [0.1, 0.15) is 0 Å². The molecule has 0 saturated heterocycles. The predicted molar refractivity (Wildman–Crippen MR) is 65.6 cm³/mol. The number of hydrogen-bond acceptors (Lipinski definition) is 3. The van der Waals surface area contributed by atoms with Gasteiger partial charge >= 0.3 is 0 Å². The predicted octanol–water partition coefficient (Wildman–Crippen LogP) is 1.83. The first-order valence-corrected chi connectivity index (χ1v) is 6.16. The summed E-state index contributed by atoms with van der Waals surface area (Å²) in [4.78, 5) is 0. The highest BCUT2D eigenvalue weighted by atomic mass is 15.4. The van der Waals surface area contributed by atoms with Gasteiger partial charge in [-0.2, -0.15) is 5.10 Å². The van der Waals surface area contributed by atoms with E-state index in [1.54, 1.807) is 0 Å². The van der Waals surface area contributed by atoms with Crippen molar-refractivity contribution in [2.24, 2.45) is 0 Å². The summed E-state index contributed by atoms with van der Waals surface area (Å²) < 4.78 is 3.89. The van der Waals surface area contributed by atoms with Crippen molar-refractivity contribution in [1.29, 1.82) is 0 Å². The molecule has 5 nitrogen and oxygen atoms in total. The summed E-state index contributed by atoms with van der Waals surface area (Å²) in [7, 11) is 0. The van der Waals surface area contributed by atoms with E-state index in [2.05, 4.69) is 35.5 Å². The Bertz CT molecular complexity index is 457. The fourth-order valence-corrected chi connectivity index (χ4v) is 1.80. The fourth-order valence-electron chi connectivity index (χ4n) is 1.80. The van der Waals surface area contributed by atoms with Crippen LogP contribution in [0.1, 0.15) is 31.0 Å². The Morgan fingerprint density at radius 3 is 2.76 bits per heavy atom. The van der Waals surface area contributed by atoms with E-state index in [1.165, 1.54) is 5.56 Å². The largest absolute Gasteiger partial charge is 0.272 e. The third-order valence-electron chi connectivity index (χ3n) is 2.62. The second kappa shape index (κ2) is 5.61. The Hall–Kier alpha value is -1.65. The van der Waals surface area contributed by atoms with E-state index in [1.807, 2.05) is 21.8 Å². The molecule has 0 fully saturated rings. The maximum absolute atomic E-state index is 4.26. The van der Waals surface area contributed by atoms with E-state index in [4.69, 9.17) is 0 Å². The third-order valence-corrected chi connectivity index (χ3v) is 2.62. The van der Waals surface area contributed by atoms with E-state index in [-0.39, 0.29) is 0 Å². The lowest BCUT2D eigenvalue weighted by Gasteiger charge is -1.98. The molecule has 0 aromatic carbocycles. The topological polar surface area (TPSA) is 48.5 Å². The molecular formula is C12H19N5. The SMILES string of the molecule is CCCn1cc(CCCn2cc(C)cn2)nn1. The van der Waals surface area contributed by atoms with Crippen LogP contribution in [-0.4, -0.2) is 24.8 Å². The van der Waals surface area contributed by atoms with Crippen LogP contribution in [0.5, 0.6) is 0 Å². The summed E-state index contributed by atoms with van der Waals surface area (Å²) in [5, 5.41) is 12.5. The molecule has 0 aliphatic rings. The highest BCUT2D eigenvalue weighted by Crippen LogP contribution is 2.02. The first-order valence-electron chi connectivity index (χ1n) is 6.16. The summed E-state index contributed by atoms with van der Waals surface area (Å²) >= 11 is 0. The Labute approximate surface area is 101 Å². The molecule has 0 radical (unpaired) electrons. The molecule has 0 aliphatic carbocycles. The van der Waals surface area contributed by atoms with Gasteiger partial charge in [0, 0.05) is 25.5 Å². The molecular weight excluding hydrogens is 214 g/mol. The normalized spacial score (nSPS) is 10.9. The van der Waals surface area contributed by atoms with Crippen molar-refractivity contribution in [3.63, 3.8) is 0 Å². The van der Waals surface area contributed by atoms with Crippen LogP contribution in [0.2, 0.25) is 0 Å². The van der Waals surface area contributed by atoms with Gasteiger partial charge in [0.05, 0.1) is 11.9 Å². The van der Waals surface area contributed by atoms with Gasteiger partial charge in [-0.3, -0.25) is 9.36 Å². The van der Waals surface area contributed by atoms with E-state index in [9.17, 15) is 0 Å². The second-order valence-corrected chi connectivity index (χ2v) is 4.36. The molecule has 0 amide bonds. The van der Waals surface area contributed by atoms with Crippen molar-refractivity contribution in [3.05, 3.63) is 29.8 Å². The number of aromatic nitrogens is 5. The zero-order chi connectivity index (χ0) is 12.1. The first-order chi connectivity index (χ1) is 8.28. The zero-order valence-corrected chi connectivity index (χ0v) is 10.5. The van der Waals surface area contributed by atoms with Crippen molar-refractivity contribution >= 4 is 0 Å². The van der Waals surface area contributed by atoms with Crippen LogP contribution in [0.15, 0.2) is 18.6 Å². The monoisotopic (exact) mass is 233 g/mol. The highest BCUT2D eigenvalue weighted by molar-refractivity contribution is 4.99. The molecule has 0 spiro atoms. The van der Waals surface area contributed by atoms with Crippen LogP contribution < -0.4 is 0 Å². The van der Waals surface area contributed by atoms with Crippen LogP contribution in [0.4, 0.5) is 0 Å². The van der Waals surface area contributed by atoms with Gasteiger partial charge in [-0.1, -0.05) is 12.1 Å². The molecule has 2 heterocycles. The van der Waals surface area contributed by atoms with Gasteiger partial charge in [-0.15, -0.1) is 5.10 Å². The lowest BCUT2D eigenvalue weighted by molar-refractivity contribution is 0.573. The highest BCUT2D eigenvalue weighted by Gasteiger charge is 2.00. The van der Waals surface area contributed by atoms with E-state index in [0.29, 0.717) is 0 Å². The number of aryl methyl sites for hydroxylation is 4. The lowest BCUT2D eigenvalue weighted by Crippen LogP contribution is -2.00. The zero-order valence-electron chi connectivity index (χ0n) is 10.5. The fraction of sp³-hybridized carbons (Fsp3) is 0.583. The second-order valence-electron chi connectivity index (χ2n) is 4.36. The summed E-state index contributed by atoms with van der Waals surface area (Å²) in [6.07, 6.45) is 9.09. The molecule has 0 bridgehead atoms. The Morgan fingerprint density at radius 2 is 2.06 bits per heavy atom. The molecule has 0 N–H and O–H groups in total. The summed E-state index contributed by atoms with van der Waals surface area (Å²) in [6.45, 7) is 6.08. The average molecular weight is 233 g/mol. The Kier molecular flexibility index (Phi) is 3.90. The molecule has 0 unspecified atom stereocenters.